The molecular formula is C8H7FN2O3. The topological polar surface area (TPSA) is 78.4 Å². The van der Waals surface area contributed by atoms with Gasteiger partial charge in [-0.25, -0.2) is 0 Å². The molecule has 0 saturated heterocycles. The second-order valence-electron chi connectivity index (χ2n) is 2.99. The summed E-state index contributed by atoms with van der Waals surface area (Å²) in [5.74, 6) is -0.939. The number of fused-ring (bicyclic) bond motifs is 1. The van der Waals surface area contributed by atoms with Crippen LogP contribution in [-0.2, 0) is 0 Å². The van der Waals surface area contributed by atoms with Gasteiger partial charge in [-0.05, 0) is 6.07 Å². The van der Waals surface area contributed by atoms with Gasteiger partial charge in [-0.3, -0.25) is 10.1 Å². The van der Waals surface area contributed by atoms with Crippen molar-refractivity contribution in [1.82, 2.24) is 0 Å². The van der Waals surface area contributed by atoms with Gasteiger partial charge in [-0.2, -0.15) is 4.39 Å². The van der Waals surface area contributed by atoms with Gasteiger partial charge in [0.2, 0.25) is 11.6 Å². The standard InChI is InChI=1S/C8H7FN2O3/c9-5-2-1-4-6(10)3-14-8(4)7(5)11(12)13/h1-2,6H,3,10H2. The molecule has 0 spiro atoms. The number of ether oxygens (including phenoxy) is 1. The van der Waals surface area contributed by atoms with Crippen molar-refractivity contribution in [2.45, 2.75) is 6.04 Å². The third-order valence-electron chi connectivity index (χ3n) is 2.10. The summed E-state index contributed by atoms with van der Waals surface area (Å²) in [5.41, 5.74) is 5.45. The molecule has 0 amide bonds. The van der Waals surface area contributed by atoms with Gasteiger partial charge in [0.1, 0.15) is 6.61 Å². The summed E-state index contributed by atoms with van der Waals surface area (Å²) in [6.45, 7) is 0.152. The van der Waals surface area contributed by atoms with Crippen LogP contribution in [0.2, 0.25) is 0 Å². The normalized spacial score (nSPS) is 18.9. The van der Waals surface area contributed by atoms with E-state index in [1.54, 1.807) is 0 Å². The van der Waals surface area contributed by atoms with E-state index in [4.69, 9.17) is 10.5 Å². The van der Waals surface area contributed by atoms with E-state index in [-0.39, 0.29) is 12.4 Å². The fourth-order valence-corrected chi connectivity index (χ4v) is 1.44. The van der Waals surface area contributed by atoms with Crippen LogP contribution >= 0.6 is 0 Å². The maximum Gasteiger partial charge on any atom is 0.346 e. The Morgan fingerprint density at radius 3 is 3.00 bits per heavy atom. The van der Waals surface area contributed by atoms with Crippen molar-refractivity contribution in [2.24, 2.45) is 5.73 Å². The number of nitrogens with two attached hydrogens (primary N) is 1. The molecule has 1 aromatic rings. The first-order valence-corrected chi connectivity index (χ1v) is 3.96. The number of nitro groups is 1. The predicted molar refractivity (Wildman–Crippen MR) is 45.5 cm³/mol. The van der Waals surface area contributed by atoms with Gasteiger partial charge in [0.05, 0.1) is 11.0 Å². The van der Waals surface area contributed by atoms with Crippen LogP contribution < -0.4 is 10.5 Å². The predicted octanol–water partition coefficient (Wildman–Crippen LogP) is 1.13. The van der Waals surface area contributed by atoms with E-state index < -0.39 is 22.5 Å². The average molecular weight is 198 g/mol. The second-order valence-corrected chi connectivity index (χ2v) is 2.99. The van der Waals surface area contributed by atoms with E-state index in [0.717, 1.165) is 6.07 Å². The maximum absolute atomic E-state index is 13.1. The molecule has 1 aromatic carbocycles. The monoisotopic (exact) mass is 198 g/mol. The highest BCUT2D eigenvalue weighted by molar-refractivity contribution is 5.55. The molecule has 2 rings (SSSR count). The van der Waals surface area contributed by atoms with E-state index in [1.807, 2.05) is 0 Å². The summed E-state index contributed by atoms with van der Waals surface area (Å²) in [7, 11) is 0. The largest absolute Gasteiger partial charge is 0.484 e. The fourth-order valence-electron chi connectivity index (χ4n) is 1.44. The Bertz CT molecular complexity index is 408. The summed E-state index contributed by atoms with van der Waals surface area (Å²) in [4.78, 5) is 9.73. The van der Waals surface area contributed by atoms with Crippen LogP contribution in [0.25, 0.3) is 0 Å². The molecule has 1 aliphatic heterocycles. The van der Waals surface area contributed by atoms with Crippen molar-refractivity contribution in [1.29, 1.82) is 0 Å². The second kappa shape index (κ2) is 2.91. The quantitative estimate of drug-likeness (QED) is 0.541. The molecule has 0 fully saturated rings. The number of nitro benzene ring substituents is 1. The Morgan fingerprint density at radius 1 is 1.64 bits per heavy atom. The van der Waals surface area contributed by atoms with Crippen LogP contribution in [0.4, 0.5) is 10.1 Å². The zero-order chi connectivity index (χ0) is 10.3. The Hall–Kier alpha value is -1.69. The van der Waals surface area contributed by atoms with Gasteiger partial charge in [-0.1, -0.05) is 6.07 Å². The highest BCUT2D eigenvalue weighted by Crippen LogP contribution is 2.40. The van der Waals surface area contributed by atoms with Gasteiger partial charge in [0, 0.05) is 5.56 Å². The molecule has 2 N–H and O–H groups in total. The van der Waals surface area contributed by atoms with Crippen LogP contribution in [0.5, 0.6) is 5.75 Å². The first kappa shape index (κ1) is 8.89. The zero-order valence-corrected chi connectivity index (χ0v) is 7.07. The summed E-state index contributed by atoms with van der Waals surface area (Å²) in [6, 6.07) is 2.03. The van der Waals surface area contributed by atoms with Gasteiger partial charge >= 0.3 is 5.69 Å². The highest BCUT2D eigenvalue weighted by atomic mass is 19.1. The zero-order valence-electron chi connectivity index (χ0n) is 7.07. The van der Waals surface area contributed by atoms with Crippen molar-refractivity contribution < 1.29 is 14.1 Å². The minimum Gasteiger partial charge on any atom is -0.484 e. The summed E-state index contributed by atoms with van der Waals surface area (Å²) >= 11 is 0. The Morgan fingerprint density at radius 2 is 2.36 bits per heavy atom. The van der Waals surface area contributed by atoms with E-state index in [1.165, 1.54) is 6.07 Å². The molecule has 5 nitrogen and oxygen atoms in total. The Kier molecular flexibility index (Phi) is 1.85. The van der Waals surface area contributed by atoms with E-state index in [9.17, 15) is 14.5 Å². The highest BCUT2D eigenvalue weighted by Gasteiger charge is 2.32. The molecule has 6 heteroatoms. The lowest BCUT2D eigenvalue weighted by molar-refractivity contribution is -0.388. The fraction of sp³-hybridized carbons (Fsp3) is 0.250. The van der Waals surface area contributed by atoms with E-state index in [2.05, 4.69) is 0 Å². The number of rotatable bonds is 1. The number of halogens is 1. The maximum atomic E-state index is 13.1. The van der Waals surface area contributed by atoms with Crippen LogP contribution in [0.1, 0.15) is 11.6 Å². The van der Waals surface area contributed by atoms with E-state index in [0.29, 0.717) is 5.56 Å². The third kappa shape index (κ3) is 1.12. The lowest BCUT2D eigenvalue weighted by Crippen LogP contribution is -2.10. The van der Waals surface area contributed by atoms with Gasteiger partial charge in [0.25, 0.3) is 0 Å². The lowest BCUT2D eigenvalue weighted by atomic mass is 10.1. The van der Waals surface area contributed by atoms with E-state index >= 15 is 0 Å². The number of nitrogens with zero attached hydrogens (tertiary/aromatic N) is 1. The summed E-state index contributed by atoms with van der Waals surface area (Å²) < 4.78 is 18.0. The van der Waals surface area contributed by atoms with Crippen LogP contribution in [0, 0.1) is 15.9 Å². The van der Waals surface area contributed by atoms with Crippen LogP contribution in [0.3, 0.4) is 0 Å². The molecule has 1 atom stereocenters. The Balaban J connectivity index is 2.65. The molecule has 1 unspecified atom stereocenters. The number of benzene rings is 1. The minimum atomic E-state index is -0.900. The van der Waals surface area contributed by atoms with Crippen LogP contribution in [-0.4, -0.2) is 11.5 Å². The van der Waals surface area contributed by atoms with Gasteiger partial charge in [-0.15, -0.1) is 0 Å². The van der Waals surface area contributed by atoms with Crippen molar-refractivity contribution >= 4 is 5.69 Å². The van der Waals surface area contributed by atoms with Crippen LogP contribution in [0.15, 0.2) is 12.1 Å². The average Bonchev–Trinajstić information content (AvgIpc) is 2.47. The number of hydrogen-bond acceptors (Lipinski definition) is 4. The SMILES string of the molecule is NC1COc2c1ccc(F)c2[N+](=O)[O-]. The van der Waals surface area contributed by atoms with Gasteiger partial charge in [0.15, 0.2) is 0 Å². The molecule has 0 aliphatic carbocycles. The molecule has 0 bridgehead atoms. The summed E-state index contributed by atoms with van der Waals surface area (Å²) in [5, 5.41) is 10.5. The third-order valence-corrected chi connectivity index (χ3v) is 2.10. The molecule has 14 heavy (non-hydrogen) atoms. The molecular weight excluding hydrogens is 191 g/mol. The first-order chi connectivity index (χ1) is 6.61. The molecule has 74 valence electrons. The molecule has 0 saturated carbocycles. The van der Waals surface area contributed by atoms with Crippen molar-refractivity contribution in [3.8, 4) is 5.75 Å². The summed E-state index contributed by atoms with van der Waals surface area (Å²) in [6.07, 6.45) is 0. The smallest absolute Gasteiger partial charge is 0.346 e. The van der Waals surface area contributed by atoms with Crippen molar-refractivity contribution in [3.63, 3.8) is 0 Å². The van der Waals surface area contributed by atoms with Crippen molar-refractivity contribution in [3.05, 3.63) is 33.6 Å². The molecule has 0 radical (unpaired) electrons. The molecule has 1 heterocycles. The first-order valence-electron chi connectivity index (χ1n) is 3.96. The molecule has 0 aromatic heterocycles. The lowest BCUT2D eigenvalue weighted by Gasteiger charge is -2.01. The Labute approximate surface area is 78.4 Å². The number of hydrogen-bond donors (Lipinski definition) is 1. The minimum absolute atomic E-state index is 0.0394. The van der Waals surface area contributed by atoms with Gasteiger partial charge < -0.3 is 10.5 Å². The molecule has 1 aliphatic rings. The van der Waals surface area contributed by atoms with Crippen molar-refractivity contribution in [2.75, 3.05) is 6.61 Å².